The number of aliphatic hydroxyl groups is 2. The molecule has 3 N–H and O–H groups in total. The monoisotopic (exact) mass is 299 g/mol. The number of para-hydroxylation sites is 1. The molecule has 0 saturated carbocycles. The lowest BCUT2D eigenvalue weighted by Crippen LogP contribution is -2.20. The molecular formula is C17H17NO2S. The lowest BCUT2D eigenvalue weighted by atomic mass is 9.98. The first kappa shape index (κ1) is 14.2. The van der Waals surface area contributed by atoms with Crippen molar-refractivity contribution < 1.29 is 10.2 Å². The van der Waals surface area contributed by atoms with Crippen molar-refractivity contribution in [3.63, 3.8) is 0 Å². The summed E-state index contributed by atoms with van der Waals surface area (Å²) in [6.45, 7) is 0. The zero-order valence-electron chi connectivity index (χ0n) is 11.4. The van der Waals surface area contributed by atoms with Crippen LogP contribution in [0.3, 0.4) is 0 Å². The second-order valence-corrected chi connectivity index (χ2v) is 5.39. The fourth-order valence-electron chi connectivity index (χ4n) is 2.60. The summed E-state index contributed by atoms with van der Waals surface area (Å²) in [5.74, 6) is 0.203. The standard InChI is InChI=1S/C17H17NO2S/c19-14(10-21)17(20)15-12-8-4-5-9-13(12)18-16(15)11-6-2-1-3-7-11/h1-9,14,17-21H,10H2. The topological polar surface area (TPSA) is 56.2 Å². The predicted molar refractivity (Wildman–Crippen MR) is 88.6 cm³/mol. The molecule has 3 rings (SSSR count). The van der Waals surface area contributed by atoms with Gasteiger partial charge in [0.15, 0.2) is 0 Å². The molecule has 4 heteroatoms. The van der Waals surface area contributed by atoms with Crippen LogP contribution in [0.25, 0.3) is 22.2 Å². The molecule has 0 radical (unpaired) electrons. The van der Waals surface area contributed by atoms with Gasteiger partial charge in [0.25, 0.3) is 0 Å². The fourth-order valence-corrected chi connectivity index (χ4v) is 2.80. The van der Waals surface area contributed by atoms with E-state index in [1.54, 1.807) is 0 Å². The Bertz CT molecular complexity index is 739. The van der Waals surface area contributed by atoms with Gasteiger partial charge in [0.2, 0.25) is 0 Å². The molecule has 0 amide bonds. The number of aromatic nitrogens is 1. The van der Waals surface area contributed by atoms with Crippen LogP contribution in [-0.2, 0) is 0 Å². The van der Waals surface area contributed by atoms with Crippen molar-refractivity contribution in [3.8, 4) is 11.3 Å². The van der Waals surface area contributed by atoms with Crippen LogP contribution in [0.1, 0.15) is 11.7 Å². The van der Waals surface area contributed by atoms with Crippen LogP contribution in [0.4, 0.5) is 0 Å². The van der Waals surface area contributed by atoms with Gasteiger partial charge in [0, 0.05) is 22.2 Å². The van der Waals surface area contributed by atoms with Gasteiger partial charge in [-0.05, 0) is 11.6 Å². The molecule has 2 aromatic carbocycles. The average molecular weight is 299 g/mol. The number of fused-ring (bicyclic) bond motifs is 1. The summed E-state index contributed by atoms with van der Waals surface area (Å²) < 4.78 is 0. The Morgan fingerprint density at radius 3 is 2.33 bits per heavy atom. The third-order valence-corrected chi connectivity index (χ3v) is 4.03. The average Bonchev–Trinajstić information content (AvgIpc) is 2.93. The molecule has 0 fully saturated rings. The van der Waals surface area contributed by atoms with Crippen molar-refractivity contribution in [1.29, 1.82) is 0 Å². The van der Waals surface area contributed by atoms with Crippen molar-refractivity contribution in [2.45, 2.75) is 12.2 Å². The number of hydrogen-bond acceptors (Lipinski definition) is 3. The van der Waals surface area contributed by atoms with Crippen LogP contribution >= 0.6 is 12.6 Å². The molecule has 3 nitrogen and oxygen atoms in total. The molecule has 108 valence electrons. The molecular weight excluding hydrogens is 282 g/mol. The van der Waals surface area contributed by atoms with E-state index in [0.717, 1.165) is 27.7 Å². The van der Waals surface area contributed by atoms with E-state index >= 15 is 0 Å². The van der Waals surface area contributed by atoms with E-state index in [0.29, 0.717) is 0 Å². The Morgan fingerprint density at radius 2 is 1.62 bits per heavy atom. The van der Waals surface area contributed by atoms with E-state index in [1.165, 1.54) is 0 Å². The smallest absolute Gasteiger partial charge is 0.108 e. The van der Waals surface area contributed by atoms with E-state index in [1.807, 2.05) is 54.6 Å². The van der Waals surface area contributed by atoms with Crippen LogP contribution in [0.5, 0.6) is 0 Å². The summed E-state index contributed by atoms with van der Waals surface area (Å²) >= 11 is 4.08. The highest BCUT2D eigenvalue weighted by Crippen LogP contribution is 2.36. The highest BCUT2D eigenvalue weighted by Gasteiger charge is 2.24. The van der Waals surface area contributed by atoms with Gasteiger partial charge in [-0.15, -0.1) is 0 Å². The molecule has 0 bridgehead atoms. The van der Waals surface area contributed by atoms with Crippen molar-refractivity contribution in [2.24, 2.45) is 0 Å². The molecule has 0 aliphatic carbocycles. The van der Waals surface area contributed by atoms with E-state index in [9.17, 15) is 10.2 Å². The predicted octanol–water partition coefficient (Wildman–Crippen LogP) is 3.16. The summed E-state index contributed by atoms with van der Waals surface area (Å²) in [6.07, 6.45) is -1.89. The minimum absolute atomic E-state index is 0.203. The van der Waals surface area contributed by atoms with Crippen molar-refractivity contribution >= 4 is 23.5 Å². The molecule has 0 aliphatic rings. The van der Waals surface area contributed by atoms with Gasteiger partial charge in [0.1, 0.15) is 6.10 Å². The van der Waals surface area contributed by atoms with Crippen LogP contribution < -0.4 is 0 Å². The Labute approximate surface area is 128 Å². The zero-order chi connectivity index (χ0) is 14.8. The van der Waals surface area contributed by atoms with Gasteiger partial charge < -0.3 is 15.2 Å². The number of aromatic amines is 1. The summed E-state index contributed by atoms with van der Waals surface area (Å²) in [6, 6.07) is 17.6. The number of aliphatic hydroxyl groups excluding tert-OH is 2. The number of rotatable bonds is 4. The number of hydrogen-bond donors (Lipinski definition) is 4. The third kappa shape index (κ3) is 2.58. The molecule has 0 spiro atoms. The van der Waals surface area contributed by atoms with Crippen LogP contribution in [-0.4, -0.2) is 27.1 Å². The Hall–Kier alpha value is -1.75. The van der Waals surface area contributed by atoms with Crippen LogP contribution in [0, 0.1) is 0 Å². The number of H-pyrrole nitrogens is 1. The Kier molecular flexibility index (Phi) is 4.01. The highest BCUT2D eigenvalue weighted by molar-refractivity contribution is 7.80. The summed E-state index contributed by atoms with van der Waals surface area (Å²) in [4.78, 5) is 3.34. The third-order valence-electron chi connectivity index (χ3n) is 3.66. The van der Waals surface area contributed by atoms with Gasteiger partial charge in [0.05, 0.1) is 11.8 Å². The molecule has 2 atom stereocenters. The first-order valence-electron chi connectivity index (χ1n) is 6.85. The molecule has 3 aromatic rings. The molecule has 1 heterocycles. The number of nitrogens with one attached hydrogen (secondary N) is 1. The Morgan fingerprint density at radius 1 is 0.952 bits per heavy atom. The van der Waals surface area contributed by atoms with E-state index < -0.39 is 12.2 Å². The molecule has 2 unspecified atom stereocenters. The summed E-state index contributed by atoms with van der Waals surface area (Å²) in [7, 11) is 0. The molecule has 21 heavy (non-hydrogen) atoms. The van der Waals surface area contributed by atoms with Crippen molar-refractivity contribution in [1.82, 2.24) is 4.98 Å². The minimum Gasteiger partial charge on any atom is -0.389 e. The SMILES string of the molecule is OC(CS)C(O)c1c(-c2ccccc2)[nH]c2ccccc12. The highest BCUT2D eigenvalue weighted by atomic mass is 32.1. The maximum Gasteiger partial charge on any atom is 0.108 e. The zero-order valence-corrected chi connectivity index (χ0v) is 12.3. The van der Waals surface area contributed by atoms with Gasteiger partial charge in [-0.25, -0.2) is 0 Å². The van der Waals surface area contributed by atoms with Crippen LogP contribution in [0.15, 0.2) is 54.6 Å². The van der Waals surface area contributed by atoms with E-state index in [-0.39, 0.29) is 5.75 Å². The Balaban J connectivity index is 2.24. The molecule has 1 aromatic heterocycles. The van der Waals surface area contributed by atoms with Gasteiger partial charge in [-0.3, -0.25) is 0 Å². The molecule has 0 saturated heterocycles. The lowest BCUT2D eigenvalue weighted by molar-refractivity contribution is 0.0350. The van der Waals surface area contributed by atoms with Crippen molar-refractivity contribution in [3.05, 3.63) is 60.2 Å². The van der Waals surface area contributed by atoms with Gasteiger partial charge in [-0.1, -0.05) is 48.5 Å². The first-order valence-corrected chi connectivity index (χ1v) is 7.48. The van der Waals surface area contributed by atoms with E-state index in [4.69, 9.17) is 0 Å². The van der Waals surface area contributed by atoms with Crippen LogP contribution in [0.2, 0.25) is 0 Å². The van der Waals surface area contributed by atoms with Gasteiger partial charge >= 0.3 is 0 Å². The summed E-state index contributed by atoms with van der Waals surface area (Å²) in [5, 5.41) is 21.4. The lowest BCUT2D eigenvalue weighted by Gasteiger charge is -2.17. The van der Waals surface area contributed by atoms with Gasteiger partial charge in [-0.2, -0.15) is 12.6 Å². The second kappa shape index (κ2) is 5.93. The largest absolute Gasteiger partial charge is 0.389 e. The summed E-state index contributed by atoms with van der Waals surface area (Å²) in [5.41, 5.74) is 3.48. The normalized spacial score (nSPS) is 14.2. The maximum absolute atomic E-state index is 10.5. The minimum atomic E-state index is -0.978. The number of thiol groups is 1. The number of benzene rings is 2. The first-order chi connectivity index (χ1) is 10.2. The fraction of sp³-hybridized carbons (Fsp3) is 0.176. The van der Waals surface area contributed by atoms with E-state index in [2.05, 4.69) is 17.6 Å². The quantitative estimate of drug-likeness (QED) is 0.559. The second-order valence-electron chi connectivity index (χ2n) is 5.02. The maximum atomic E-state index is 10.5. The molecule has 0 aliphatic heterocycles. The van der Waals surface area contributed by atoms with Crippen molar-refractivity contribution in [2.75, 3.05) is 5.75 Å².